The molecule has 0 fully saturated rings. The summed E-state index contributed by atoms with van der Waals surface area (Å²) in [5.41, 5.74) is 0.721. The van der Waals surface area contributed by atoms with Crippen LogP contribution in [0.1, 0.15) is 5.56 Å². The molecule has 0 aliphatic rings. The van der Waals surface area contributed by atoms with Gasteiger partial charge in [-0.1, -0.05) is 6.07 Å². The second-order valence-electron chi connectivity index (χ2n) is 2.60. The maximum absolute atomic E-state index is 10.2. The van der Waals surface area contributed by atoms with E-state index in [1.807, 2.05) is 0 Å². The van der Waals surface area contributed by atoms with Crippen LogP contribution in [-0.4, -0.2) is 20.6 Å². The van der Waals surface area contributed by atoms with Gasteiger partial charge in [-0.05, 0) is 17.7 Å². The molecule has 0 aliphatic carbocycles. The smallest absolute Gasteiger partial charge is 0.201 e. The zero-order valence-electron chi connectivity index (χ0n) is 7.56. The van der Waals surface area contributed by atoms with Crippen LogP contribution in [0.15, 0.2) is 18.2 Å². The maximum atomic E-state index is 10.2. The lowest BCUT2D eigenvalue weighted by Crippen LogP contribution is -2.10. The molecule has 14 heavy (non-hydrogen) atoms. The number of rotatable bonds is 4. The molecule has 0 spiro atoms. The highest BCUT2D eigenvalue weighted by Crippen LogP contribution is 2.25. The van der Waals surface area contributed by atoms with Gasteiger partial charge in [0.15, 0.2) is 11.5 Å². The van der Waals surface area contributed by atoms with Crippen molar-refractivity contribution in [2.75, 3.05) is 7.11 Å². The Morgan fingerprint density at radius 2 is 2.21 bits per heavy atom. The van der Waals surface area contributed by atoms with Crippen LogP contribution in [0, 0.1) is 0 Å². The van der Waals surface area contributed by atoms with Gasteiger partial charge in [-0.25, -0.2) is 13.1 Å². The minimum absolute atomic E-state index is 0.0303. The predicted octanol–water partition coefficient (Wildman–Crippen LogP) is 0.0168. The van der Waals surface area contributed by atoms with Gasteiger partial charge < -0.3 is 9.84 Å². The molecule has 5 nitrogen and oxygen atoms in total. The molecule has 0 radical (unpaired) electrons. The van der Waals surface area contributed by atoms with Crippen LogP contribution in [0.3, 0.4) is 0 Å². The molecule has 0 aromatic heterocycles. The van der Waals surface area contributed by atoms with Gasteiger partial charge in [0, 0.05) is 6.54 Å². The molecule has 0 saturated heterocycles. The van der Waals surface area contributed by atoms with Gasteiger partial charge in [0.05, 0.1) is 7.11 Å². The Balaban J connectivity index is 2.79. The second kappa shape index (κ2) is 4.83. The Labute approximate surface area is 83.4 Å². The molecule has 2 N–H and O–H groups in total. The lowest BCUT2D eigenvalue weighted by atomic mass is 10.2. The molecule has 0 unspecified atom stereocenters. The summed E-state index contributed by atoms with van der Waals surface area (Å²) in [6.07, 6.45) is 0. The third-order valence-corrected chi connectivity index (χ3v) is 2.07. The van der Waals surface area contributed by atoms with Crippen molar-refractivity contribution >= 4 is 10.9 Å². The number of benzene rings is 1. The molecular formula is C8H11NO4S. The van der Waals surface area contributed by atoms with Crippen LogP contribution in [0.4, 0.5) is 0 Å². The summed E-state index contributed by atoms with van der Waals surface area (Å²) in [4.78, 5) is 0. The van der Waals surface area contributed by atoms with Crippen molar-refractivity contribution in [1.29, 1.82) is 0 Å². The van der Waals surface area contributed by atoms with E-state index in [0.717, 1.165) is 5.56 Å². The van der Waals surface area contributed by atoms with Crippen molar-refractivity contribution in [3.63, 3.8) is 0 Å². The normalized spacial score (nSPS) is 10.4. The molecule has 0 bridgehead atoms. The number of hydrogen-bond acceptors (Lipinski definition) is 4. The van der Waals surface area contributed by atoms with E-state index >= 15 is 0 Å². The van der Waals surface area contributed by atoms with E-state index in [4.69, 9.17) is 4.74 Å². The fourth-order valence-corrected chi connectivity index (χ4v) is 1.30. The van der Waals surface area contributed by atoms with Crippen molar-refractivity contribution in [3.05, 3.63) is 23.8 Å². The number of aromatic hydroxyl groups is 1. The molecular weight excluding hydrogens is 206 g/mol. The summed E-state index contributed by atoms with van der Waals surface area (Å²) in [7, 11) is -1.17. The molecule has 0 aliphatic heterocycles. The third-order valence-electron chi connectivity index (χ3n) is 1.66. The first-order valence-electron chi connectivity index (χ1n) is 3.87. The Hall–Kier alpha value is -1.27. The van der Waals surface area contributed by atoms with Crippen molar-refractivity contribution in [2.45, 2.75) is 6.54 Å². The zero-order valence-corrected chi connectivity index (χ0v) is 8.45. The highest BCUT2D eigenvalue weighted by molar-refractivity contribution is 7.70. The lowest BCUT2D eigenvalue weighted by Gasteiger charge is -2.05. The van der Waals surface area contributed by atoms with Crippen LogP contribution >= 0.6 is 0 Å². The molecule has 1 aromatic rings. The maximum Gasteiger partial charge on any atom is 0.201 e. The van der Waals surface area contributed by atoms with Gasteiger partial charge in [0.25, 0.3) is 0 Å². The number of methoxy groups -OCH3 is 1. The summed E-state index contributed by atoms with van der Waals surface area (Å²) in [6.45, 7) is 0.190. The summed E-state index contributed by atoms with van der Waals surface area (Å²) >= 11 is 0. The quantitative estimate of drug-likeness (QED) is 0.621. The molecule has 0 saturated carbocycles. The van der Waals surface area contributed by atoms with Crippen LogP contribution in [-0.2, 0) is 17.4 Å². The van der Waals surface area contributed by atoms with Gasteiger partial charge in [0.2, 0.25) is 10.9 Å². The fraction of sp³-hybridized carbons (Fsp3) is 0.250. The van der Waals surface area contributed by atoms with Gasteiger partial charge >= 0.3 is 0 Å². The standard InChI is InChI=1S/C8H11NO4S/c1-13-8-4-6(2-3-7(8)10)5-9-14(11)12/h2-4,10,14H,5H2,1H3,(H,9,11,12). The minimum Gasteiger partial charge on any atom is -0.504 e. The first kappa shape index (κ1) is 10.8. The Kier molecular flexibility index (Phi) is 3.73. The fourth-order valence-electron chi connectivity index (χ4n) is 0.988. The van der Waals surface area contributed by atoms with Crippen molar-refractivity contribution in [1.82, 2.24) is 4.72 Å². The first-order valence-corrected chi connectivity index (χ1v) is 5.05. The molecule has 0 atom stereocenters. The Morgan fingerprint density at radius 1 is 1.50 bits per heavy atom. The summed E-state index contributed by atoms with van der Waals surface area (Å²) in [5, 5.41) is 9.25. The number of thiol groups is 1. The van der Waals surface area contributed by atoms with Crippen LogP contribution in [0.5, 0.6) is 11.5 Å². The molecule has 1 rings (SSSR count). The van der Waals surface area contributed by atoms with E-state index in [0.29, 0.717) is 5.75 Å². The average molecular weight is 217 g/mol. The minimum atomic E-state index is -2.60. The van der Waals surface area contributed by atoms with Crippen molar-refractivity contribution in [2.24, 2.45) is 0 Å². The lowest BCUT2D eigenvalue weighted by molar-refractivity contribution is 0.373. The second-order valence-corrected chi connectivity index (χ2v) is 3.43. The first-order chi connectivity index (χ1) is 6.63. The largest absolute Gasteiger partial charge is 0.504 e. The Morgan fingerprint density at radius 3 is 2.79 bits per heavy atom. The number of hydrogen-bond donors (Lipinski definition) is 3. The summed E-state index contributed by atoms with van der Waals surface area (Å²) in [5.74, 6) is 0.355. The van der Waals surface area contributed by atoms with Gasteiger partial charge in [-0.3, -0.25) is 0 Å². The number of phenols is 1. The zero-order chi connectivity index (χ0) is 10.6. The van der Waals surface area contributed by atoms with E-state index in [1.54, 1.807) is 12.1 Å². The average Bonchev–Trinajstić information content (AvgIpc) is 2.16. The molecule has 0 heterocycles. The van der Waals surface area contributed by atoms with E-state index in [2.05, 4.69) is 4.72 Å². The van der Waals surface area contributed by atoms with Gasteiger partial charge in [-0.2, -0.15) is 0 Å². The molecule has 78 valence electrons. The third kappa shape index (κ3) is 2.90. The number of phenolic OH excluding ortho intramolecular Hbond substituents is 1. The topological polar surface area (TPSA) is 75.6 Å². The monoisotopic (exact) mass is 217 g/mol. The SMILES string of the molecule is COc1cc(CN[SH](=O)=O)ccc1O. The summed E-state index contributed by atoms with van der Waals surface area (Å²) in [6, 6.07) is 4.64. The Bertz CT molecular complexity index is 381. The van der Waals surface area contributed by atoms with Gasteiger partial charge in [0.1, 0.15) is 0 Å². The van der Waals surface area contributed by atoms with E-state index in [-0.39, 0.29) is 12.3 Å². The van der Waals surface area contributed by atoms with Crippen LogP contribution in [0.25, 0.3) is 0 Å². The van der Waals surface area contributed by atoms with E-state index in [9.17, 15) is 13.5 Å². The van der Waals surface area contributed by atoms with Crippen molar-refractivity contribution in [3.8, 4) is 11.5 Å². The number of ether oxygens (including phenoxy) is 1. The summed E-state index contributed by atoms with van der Waals surface area (Å²) < 4.78 is 27.6. The van der Waals surface area contributed by atoms with Crippen LogP contribution in [0.2, 0.25) is 0 Å². The highest BCUT2D eigenvalue weighted by Gasteiger charge is 2.02. The highest BCUT2D eigenvalue weighted by atomic mass is 32.2. The predicted molar refractivity (Wildman–Crippen MR) is 51.8 cm³/mol. The van der Waals surface area contributed by atoms with E-state index < -0.39 is 10.9 Å². The molecule has 0 amide bonds. The number of nitrogens with one attached hydrogen (secondary N) is 1. The van der Waals surface area contributed by atoms with E-state index in [1.165, 1.54) is 13.2 Å². The van der Waals surface area contributed by atoms with Gasteiger partial charge in [-0.15, -0.1) is 0 Å². The van der Waals surface area contributed by atoms with Crippen LogP contribution < -0.4 is 9.46 Å². The van der Waals surface area contributed by atoms with Crippen molar-refractivity contribution < 1.29 is 18.3 Å². The molecule has 1 aromatic carbocycles. The molecule has 6 heteroatoms.